The van der Waals surface area contributed by atoms with Crippen LogP contribution in [0.15, 0.2) is 33.4 Å². The van der Waals surface area contributed by atoms with Crippen LogP contribution < -0.4 is 10.6 Å². The smallest absolute Gasteiger partial charge is 0.236 e. The Morgan fingerprint density at radius 3 is 2.71 bits per heavy atom. The van der Waals surface area contributed by atoms with Crippen molar-refractivity contribution in [2.75, 3.05) is 16.4 Å². The molecule has 0 bridgehead atoms. The molecule has 0 spiro atoms. The van der Waals surface area contributed by atoms with Gasteiger partial charge in [-0.3, -0.25) is 9.59 Å². The third-order valence-corrected chi connectivity index (χ3v) is 6.11. The largest absolute Gasteiger partial charge is 0.301 e. The summed E-state index contributed by atoms with van der Waals surface area (Å²) in [6, 6.07) is 3.82. The topological polar surface area (TPSA) is 96.9 Å². The highest BCUT2D eigenvalue weighted by Crippen LogP contribution is 2.26. The lowest BCUT2D eigenvalue weighted by atomic mass is 10.3. The first-order valence-corrected chi connectivity index (χ1v) is 10.2. The van der Waals surface area contributed by atoms with E-state index in [1.54, 1.807) is 11.6 Å². The van der Waals surface area contributed by atoms with Gasteiger partial charge in [0.05, 0.1) is 12.2 Å². The second-order valence-electron chi connectivity index (χ2n) is 4.35. The molecule has 3 rings (SSSR count). The number of thiazole rings is 1. The normalized spacial score (nSPS) is 10.5. The molecule has 124 valence electrons. The first-order valence-electron chi connectivity index (χ1n) is 6.67. The van der Waals surface area contributed by atoms with Crippen LogP contribution in [0, 0.1) is 0 Å². The number of aromatic nitrogens is 3. The Morgan fingerprint density at radius 1 is 1.08 bits per heavy atom. The zero-order valence-corrected chi connectivity index (χ0v) is 15.4. The fraction of sp³-hybridized carbons (Fsp3) is 0.154. The maximum absolute atomic E-state index is 11.9. The van der Waals surface area contributed by atoms with E-state index in [0.29, 0.717) is 21.0 Å². The van der Waals surface area contributed by atoms with Gasteiger partial charge in [-0.25, -0.2) is 4.98 Å². The molecule has 0 fully saturated rings. The van der Waals surface area contributed by atoms with Gasteiger partial charge in [-0.05, 0) is 11.4 Å². The Labute approximate surface area is 153 Å². The van der Waals surface area contributed by atoms with Crippen LogP contribution in [0.25, 0.3) is 0 Å². The van der Waals surface area contributed by atoms with E-state index in [2.05, 4.69) is 25.8 Å². The van der Waals surface area contributed by atoms with E-state index in [0.717, 1.165) is 4.88 Å². The predicted molar refractivity (Wildman–Crippen MR) is 98.0 cm³/mol. The molecule has 0 aliphatic carbocycles. The lowest BCUT2D eigenvalue weighted by Gasteiger charge is -1.99. The van der Waals surface area contributed by atoms with Gasteiger partial charge in [-0.2, -0.15) is 0 Å². The fourth-order valence-corrected chi connectivity index (χ4v) is 4.44. The van der Waals surface area contributed by atoms with Crippen LogP contribution in [0.2, 0.25) is 0 Å². The zero-order chi connectivity index (χ0) is 16.8. The molecule has 24 heavy (non-hydrogen) atoms. The van der Waals surface area contributed by atoms with Gasteiger partial charge in [0.15, 0.2) is 9.47 Å². The van der Waals surface area contributed by atoms with E-state index in [1.807, 2.05) is 17.5 Å². The van der Waals surface area contributed by atoms with Gasteiger partial charge in [0.2, 0.25) is 16.9 Å². The van der Waals surface area contributed by atoms with Crippen molar-refractivity contribution in [3.8, 4) is 0 Å². The average Bonchev–Trinajstić information content (AvgIpc) is 3.28. The number of thioether (sulfide) groups is 1. The fourth-order valence-electron chi connectivity index (χ4n) is 1.62. The lowest BCUT2D eigenvalue weighted by Crippen LogP contribution is -2.13. The standard InChI is InChI=1S/C13H11N5O2S4/c19-9(6-8-2-1-4-21-8)15-12-17-18-13(24-12)23-7-10(20)16-11-14-3-5-22-11/h1-5H,6-7H2,(H,14,16,20)(H,15,17,19). The van der Waals surface area contributed by atoms with Crippen LogP contribution in [-0.2, 0) is 16.0 Å². The van der Waals surface area contributed by atoms with Gasteiger partial charge in [-0.15, -0.1) is 32.9 Å². The Hall–Kier alpha value is -1.82. The first-order chi connectivity index (χ1) is 11.7. The number of nitrogens with one attached hydrogen (secondary N) is 2. The van der Waals surface area contributed by atoms with Crippen molar-refractivity contribution in [3.63, 3.8) is 0 Å². The molecule has 0 aromatic carbocycles. The van der Waals surface area contributed by atoms with E-state index in [4.69, 9.17) is 0 Å². The number of rotatable bonds is 7. The summed E-state index contributed by atoms with van der Waals surface area (Å²) in [6.45, 7) is 0. The maximum Gasteiger partial charge on any atom is 0.236 e. The number of amides is 2. The molecule has 3 aromatic heterocycles. The third-order valence-electron chi connectivity index (χ3n) is 2.57. The third kappa shape index (κ3) is 5.09. The van der Waals surface area contributed by atoms with Gasteiger partial charge in [0.1, 0.15) is 0 Å². The van der Waals surface area contributed by atoms with E-state index < -0.39 is 0 Å². The molecule has 7 nitrogen and oxygen atoms in total. The number of hydrogen-bond acceptors (Lipinski definition) is 9. The van der Waals surface area contributed by atoms with Crippen molar-refractivity contribution in [1.82, 2.24) is 15.2 Å². The number of carbonyl (C=O) groups excluding carboxylic acids is 2. The van der Waals surface area contributed by atoms with Crippen molar-refractivity contribution in [3.05, 3.63) is 34.0 Å². The van der Waals surface area contributed by atoms with Crippen LogP contribution in [-0.4, -0.2) is 32.7 Å². The minimum atomic E-state index is -0.159. The highest BCUT2D eigenvalue weighted by atomic mass is 32.2. The summed E-state index contributed by atoms with van der Waals surface area (Å²) < 4.78 is 0.621. The average molecular weight is 398 g/mol. The molecule has 3 heterocycles. The van der Waals surface area contributed by atoms with Crippen molar-refractivity contribution in [2.45, 2.75) is 10.8 Å². The molecular weight excluding hydrogens is 386 g/mol. The van der Waals surface area contributed by atoms with E-state index >= 15 is 0 Å². The summed E-state index contributed by atoms with van der Waals surface area (Å²) in [5.74, 6) is -0.0859. The van der Waals surface area contributed by atoms with Crippen LogP contribution in [0.4, 0.5) is 10.3 Å². The summed E-state index contributed by atoms with van der Waals surface area (Å²) >= 11 is 5.40. The molecule has 0 aliphatic rings. The Kier molecular flexibility index (Phi) is 5.91. The molecule has 3 aromatic rings. The molecule has 0 saturated carbocycles. The van der Waals surface area contributed by atoms with Crippen LogP contribution in [0.5, 0.6) is 0 Å². The number of anilines is 2. The molecule has 0 unspecified atom stereocenters. The van der Waals surface area contributed by atoms with Crippen molar-refractivity contribution < 1.29 is 9.59 Å². The number of carbonyl (C=O) groups is 2. The molecule has 0 saturated heterocycles. The SMILES string of the molecule is O=C(CSc1nnc(NC(=O)Cc2cccs2)s1)Nc1nccs1. The minimum absolute atomic E-state index is 0.133. The summed E-state index contributed by atoms with van der Waals surface area (Å²) in [7, 11) is 0. The first kappa shape index (κ1) is 17.0. The van der Waals surface area contributed by atoms with Gasteiger partial charge in [0, 0.05) is 16.5 Å². The van der Waals surface area contributed by atoms with E-state index in [1.165, 1.54) is 45.8 Å². The summed E-state index contributed by atoms with van der Waals surface area (Å²) in [5, 5.41) is 18.0. The van der Waals surface area contributed by atoms with Crippen LogP contribution in [0.3, 0.4) is 0 Å². The van der Waals surface area contributed by atoms with Gasteiger partial charge in [0.25, 0.3) is 0 Å². The number of hydrogen-bond donors (Lipinski definition) is 2. The van der Waals surface area contributed by atoms with Crippen molar-refractivity contribution >= 4 is 67.8 Å². The van der Waals surface area contributed by atoms with Gasteiger partial charge in [-0.1, -0.05) is 29.2 Å². The van der Waals surface area contributed by atoms with Crippen LogP contribution >= 0.6 is 45.8 Å². The van der Waals surface area contributed by atoms with Gasteiger partial charge >= 0.3 is 0 Å². The second-order valence-corrected chi connectivity index (χ2v) is 8.48. The highest BCUT2D eigenvalue weighted by molar-refractivity contribution is 8.01. The molecule has 11 heteroatoms. The Bertz CT molecular complexity index is 800. The number of thiophene rings is 1. The quantitative estimate of drug-likeness (QED) is 0.470. The van der Waals surface area contributed by atoms with E-state index in [-0.39, 0.29) is 17.6 Å². The van der Waals surface area contributed by atoms with Crippen LogP contribution in [0.1, 0.15) is 4.88 Å². The molecule has 2 N–H and O–H groups in total. The second kappa shape index (κ2) is 8.33. The zero-order valence-electron chi connectivity index (χ0n) is 12.1. The molecule has 0 aliphatic heterocycles. The highest BCUT2D eigenvalue weighted by Gasteiger charge is 2.11. The number of nitrogens with zero attached hydrogens (tertiary/aromatic N) is 3. The monoisotopic (exact) mass is 397 g/mol. The molecule has 0 radical (unpaired) electrons. The Morgan fingerprint density at radius 2 is 1.96 bits per heavy atom. The minimum Gasteiger partial charge on any atom is -0.301 e. The summed E-state index contributed by atoms with van der Waals surface area (Å²) in [5.41, 5.74) is 0. The lowest BCUT2D eigenvalue weighted by molar-refractivity contribution is -0.115. The summed E-state index contributed by atoms with van der Waals surface area (Å²) in [4.78, 5) is 28.6. The molecular formula is C13H11N5O2S4. The maximum atomic E-state index is 11.9. The predicted octanol–water partition coefficient (Wildman–Crippen LogP) is 2.97. The van der Waals surface area contributed by atoms with Crippen molar-refractivity contribution in [1.29, 1.82) is 0 Å². The summed E-state index contributed by atoms with van der Waals surface area (Å²) in [6.07, 6.45) is 1.94. The molecule has 0 atom stereocenters. The van der Waals surface area contributed by atoms with Crippen molar-refractivity contribution in [2.24, 2.45) is 0 Å². The molecule has 2 amide bonds. The van der Waals surface area contributed by atoms with E-state index in [9.17, 15) is 9.59 Å². The Balaban J connectivity index is 1.45. The van der Waals surface area contributed by atoms with Gasteiger partial charge < -0.3 is 10.6 Å².